The molecule has 0 bridgehead atoms. The lowest BCUT2D eigenvalue weighted by Crippen LogP contribution is -2.44. The molecular weight excluding hydrogens is 176 g/mol. The predicted octanol–water partition coefficient (Wildman–Crippen LogP) is -0.550. The standard InChI is InChI=1S/C6H12N4O3/c7-6(11)5-2-1-3-9(4-5)10(13)8-12/h5,12H,1-4H2,(H2,7,11). The van der Waals surface area contributed by atoms with Crippen molar-refractivity contribution in [3.05, 3.63) is 5.21 Å². The zero-order valence-electron chi connectivity index (χ0n) is 7.09. The van der Waals surface area contributed by atoms with E-state index < -0.39 is 5.91 Å². The minimum atomic E-state index is -0.420. The second-order valence-electron chi connectivity index (χ2n) is 3.00. The van der Waals surface area contributed by atoms with E-state index in [9.17, 15) is 10.0 Å². The smallest absolute Gasteiger partial charge is 0.230 e. The van der Waals surface area contributed by atoms with Gasteiger partial charge in [-0.3, -0.25) is 4.79 Å². The Kier molecular flexibility index (Phi) is 2.88. The van der Waals surface area contributed by atoms with Crippen LogP contribution < -0.4 is 5.73 Å². The van der Waals surface area contributed by atoms with E-state index in [0.717, 1.165) is 0 Å². The summed E-state index contributed by atoms with van der Waals surface area (Å²) in [4.78, 5) is 10.9. The molecule has 1 unspecified atom stereocenters. The highest BCUT2D eigenvalue weighted by molar-refractivity contribution is 5.76. The average Bonchev–Trinajstić information content (AvgIpc) is 2.17. The van der Waals surface area contributed by atoms with Crippen LogP contribution in [-0.2, 0) is 4.79 Å². The molecule has 0 aromatic heterocycles. The van der Waals surface area contributed by atoms with Crippen molar-refractivity contribution in [1.29, 1.82) is 0 Å². The molecule has 1 rings (SSSR count). The summed E-state index contributed by atoms with van der Waals surface area (Å²) in [7, 11) is 0. The second kappa shape index (κ2) is 3.92. The van der Waals surface area contributed by atoms with Gasteiger partial charge in [-0.2, -0.15) is 0 Å². The van der Waals surface area contributed by atoms with Gasteiger partial charge in [0.15, 0.2) is 0 Å². The molecular formula is C6H12N4O3. The number of amides is 1. The Morgan fingerprint density at radius 1 is 1.77 bits per heavy atom. The van der Waals surface area contributed by atoms with Gasteiger partial charge in [0.1, 0.15) is 0 Å². The maximum Gasteiger partial charge on any atom is 0.230 e. The highest BCUT2D eigenvalue weighted by Gasteiger charge is 2.28. The Morgan fingerprint density at radius 3 is 3.00 bits per heavy atom. The number of nitrogens with two attached hydrogens (primary N) is 1. The van der Waals surface area contributed by atoms with E-state index in [1.165, 1.54) is 5.01 Å². The quantitative estimate of drug-likeness (QED) is 0.344. The van der Waals surface area contributed by atoms with Crippen LogP contribution in [0.2, 0.25) is 0 Å². The molecule has 1 heterocycles. The van der Waals surface area contributed by atoms with Gasteiger partial charge in [0, 0.05) is 0 Å². The molecule has 1 saturated heterocycles. The first kappa shape index (κ1) is 9.56. The van der Waals surface area contributed by atoms with Crippen LogP contribution in [0.1, 0.15) is 12.8 Å². The largest absolute Gasteiger partial charge is 0.569 e. The summed E-state index contributed by atoms with van der Waals surface area (Å²) in [6, 6.07) is 0. The van der Waals surface area contributed by atoms with Crippen LogP contribution in [0, 0.1) is 11.1 Å². The first-order chi connectivity index (χ1) is 6.15. The minimum Gasteiger partial charge on any atom is -0.569 e. The fourth-order valence-electron chi connectivity index (χ4n) is 1.40. The van der Waals surface area contributed by atoms with E-state index >= 15 is 0 Å². The molecule has 0 saturated carbocycles. The summed E-state index contributed by atoms with van der Waals surface area (Å²) in [5, 5.41) is 22.7. The van der Waals surface area contributed by atoms with Gasteiger partial charge in [-0.25, -0.2) is 0 Å². The van der Waals surface area contributed by atoms with Crippen LogP contribution in [0.5, 0.6) is 0 Å². The van der Waals surface area contributed by atoms with Crippen molar-refractivity contribution in [2.75, 3.05) is 13.1 Å². The molecule has 13 heavy (non-hydrogen) atoms. The lowest BCUT2D eigenvalue weighted by Gasteiger charge is -2.26. The predicted molar refractivity (Wildman–Crippen MR) is 41.3 cm³/mol. The van der Waals surface area contributed by atoms with Gasteiger partial charge in [-0.05, 0) is 12.8 Å². The Balaban J connectivity index is 2.56. The van der Waals surface area contributed by atoms with Crippen LogP contribution in [0.4, 0.5) is 0 Å². The summed E-state index contributed by atoms with van der Waals surface area (Å²) >= 11 is 0. The van der Waals surface area contributed by atoms with Crippen molar-refractivity contribution in [3.63, 3.8) is 0 Å². The summed E-state index contributed by atoms with van der Waals surface area (Å²) in [5.41, 5.74) is 5.09. The maximum atomic E-state index is 10.8. The third-order valence-electron chi connectivity index (χ3n) is 2.12. The normalized spacial score (nSPS) is 24.5. The number of carbonyl (C=O) groups excluding carboxylic acids is 1. The molecule has 0 aromatic rings. The van der Waals surface area contributed by atoms with Crippen molar-refractivity contribution in [2.45, 2.75) is 12.8 Å². The van der Waals surface area contributed by atoms with E-state index in [1.807, 2.05) is 0 Å². The molecule has 0 spiro atoms. The lowest BCUT2D eigenvalue weighted by molar-refractivity contribution is -0.712. The molecule has 7 heteroatoms. The first-order valence-corrected chi connectivity index (χ1v) is 4.01. The van der Waals surface area contributed by atoms with Gasteiger partial charge in [-0.15, -0.1) is 5.01 Å². The molecule has 1 atom stereocenters. The third kappa shape index (κ3) is 2.20. The van der Waals surface area contributed by atoms with Crippen molar-refractivity contribution in [2.24, 2.45) is 16.9 Å². The summed E-state index contributed by atoms with van der Waals surface area (Å²) in [5.74, 6) is -0.747. The Morgan fingerprint density at radius 2 is 2.46 bits per heavy atom. The van der Waals surface area contributed by atoms with E-state index in [2.05, 4.69) is 5.28 Å². The maximum absolute atomic E-state index is 10.8. The Bertz CT molecular complexity index is 230. The van der Waals surface area contributed by atoms with E-state index in [-0.39, 0.29) is 17.4 Å². The number of carbonyl (C=O) groups is 1. The first-order valence-electron chi connectivity index (χ1n) is 4.01. The van der Waals surface area contributed by atoms with Gasteiger partial charge in [0.2, 0.25) is 11.2 Å². The molecule has 1 aliphatic heterocycles. The molecule has 7 nitrogen and oxygen atoms in total. The highest BCUT2D eigenvalue weighted by Crippen LogP contribution is 2.15. The summed E-state index contributed by atoms with van der Waals surface area (Å²) < 4.78 is 0. The van der Waals surface area contributed by atoms with E-state index in [1.54, 1.807) is 0 Å². The van der Waals surface area contributed by atoms with Crippen molar-refractivity contribution < 1.29 is 15.0 Å². The number of hydrogen-bond acceptors (Lipinski definition) is 3. The van der Waals surface area contributed by atoms with Gasteiger partial charge >= 0.3 is 0 Å². The zero-order chi connectivity index (χ0) is 9.84. The number of primary amides is 1. The van der Waals surface area contributed by atoms with E-state index in [0.29, 0.717) is 19.4 Å². The molecule has 3 N–H and O–H groups in total. The number of piperidine rings is 1. The molecule has 74 valence electrons. The van der Waals surface area contributed by atoms with Crippen LogP contribution in [0.15, 0.2) is 5.28 Å². The lowest BCUT2D eigenvalue weighted by atomic mass is 9.99. The second-order valence-corrected chi connectivity index (χ2v) is 3.00. The molecule has 0 radical (unpaired) electrons. The van der Waals surface area contributed by atoms with E-state index in [4.69, 9.17) is 10.9 Å². The van der Waals surface area contributed by atoms with Crippen molar-refractivity contribution >= 4 is 5.91 Å². The fraction of sp³-hybridized carbons (Fsp3) is 0.833. The number of nitrogens with zero attached hydrogens (tertiary/aromatic N) is 3. The van der Waals surface area contributed by atoms with Gasteiger partial charge in [0.05, 0.1) is 24.0 Å². The topological polar surface area (TPSA) is 105 Å². The van der Waals surface area contributed by atoms with Crippen LogP contribution >= 0.6 is 0 Å². The van der Waals surface area contributed by atoms with Crippen LogP contribution in [0.25, 0.3) is 0 Å². The number of hydrogen-bond donors (Lipinski definition) is 2. The average molecular weight is 188 g/mol. The Labute approximate surface area is 74.9 Å². The van der Waals surface area contributed by atoms with Gasteiger partial charge in [-0.1, -0.05) is 0 Å². The van der Waals surface area contributed by atoms with Gasteiger partial charge < -0.3 is 16.1 Å². The summed E-state index contributed by atoms with van der Waals surface area (Å²) in [6.07, 6.45) is 1.38. The monoisotopic (exact) mass is 188 g/mol. The molecule has 1 aliphatic rings. The third-order valence-corrected chi connectivity index (χ3v) is 2.12. The van der Waals surface area contributed by atoms with Crippen LogP contribution in [-0.4, -0.2) is 34.2 Å². The summed E-state index contributed by atoms with van der Waals surface area (Å²) in [6.45, 7) is 0.709. The number of rotatable bonds is 2. The SMILES string of the molecule is NC(=O)C1CCCN([N+]([O-])=NO)C1. The zero-order valence-corrected chi connectivity index (χ0v) is 7.09. The minimum absolute atomic E-state index is 0.0785. The highest BCUT2D eigenvalue weighted by atomic mass is 16.6. The molecule has 0 aromatic carbocycles. The molecule has 0 aliphatic carbocycles. The Hall–Kier alpha value is -1.53. The fourth-order valence-corrected chi connectivity index (χ4v) is 1.40. The number of hydrazine groups is 1. The van der Waals surface area contributed by atoms with Gasteiger partial charge in [0.25, 0.3) is 0 Å². The van der Waals surface area contributed by atoms with Crippen LogP contribution in [0.3, 0.4) is 0 Å². The van der Waals surface area contributed by atoms with Crippen molar-refractivity contribution in [1.82, 2.24) is 5.01 Å². The molecule has 1 fully saturated rings. The molecule has 1 amide bonds. The van der Waals surface area contributed by atoms with Crippen molar-refractivity contribution in [3.8, 4) is 0 Å².